The molecule has 1 aliphatic rings. The van der Waals surface area contributed by atoms with Crippen LogP contribution < -0.4 is 5.32 Å². The molecule has 5 heteroatoms. The molecular weight excluding hydrogens is 266 g/mol. The summed E-state index contributed by atoms with van der Waals surface area (Å²) in [5.41, 5.74) is 0. The van der Waals surface area contributed by atoms with E-state index in [1.165, 1.54) is 19.5 Å². The number of piperazine rings is 1. The topological polar surface area (TPSA) is 44.8 Å². The summed E-state index contributed by atoms with van der Waals surface area (Å²) >= 11 is 0. The van der Waals surface area contributed by atoms with Crippen molar-refractivity contribution in [2.24, 2.45) is 5.92 Å². The molecule has 21 heavy (non-hydrogen) atoms. The molecule has 0 aliphatic carbocycles. The van der Waals surface area contributed by atoms with Crippen molar-refractivity contribution in [1.82, 2.24) is 15.1 Å². The number of amides is 1. The van der Waals surface area contributed by atoms with Gasteiger partial charge >= 0.3 is 0 Å². The number of nitrogens with one attached hydrogen (secondary N) is 1. The first kappa shape index (κ1) is 18.4. The molecule has 124 valence electrons. The van der Waals surface area contributed by atoms with Crippen LogP contribution in [0.25, 0.3) is 0 Å². The number of hydrogen-bond acceptors (Lipinski definition) is 4. The van der Waals surface area contributed by atoms with Crippen molar-refractivity contribution in [2.75, 3.05) is 52.5 Å². The highest BCUT2D eigenvalue weighted by Crippen LogP contribution is 2.08. The highest BCUT2D eigenvalue weighted by atomic mass is 16.5. The monoisotopic (exact) mass is 299 g/mol. The molecule has 1 aliphatic heterocycles. The molecule has 0 aromatic heterocycles. The molecule has 0 spiro atoms. The maximum absolute atomic E-state index is 11.4. The highest BCUT2D eigenvalue weighted by molar-refractivity contribution is 5.77. The summed E-state index contributed by atoms with van der Waals surface area (Å²) < 4.78 is 5.59. The Morgan fingerprint density at radius 1 is 1.14 bits per heavy atom. The van der Waals surface area contributed by atoms with Crippen LogP contribution in [-0.2, 0) is 9.53 Å². The van der Waals surface area contributed by atoms with Crippen LogP contribution in [0.2, 0.25) is 0 Å². The molecule has 1 rings (SSSR count). The predicted octanol–water partition coefficient (Wildman–Crippen LogP) is 1.19. The number of rotatable bonds is 9. The van der Waals surface area contributed by atoms with E-state index in [0.29, 0.717) is 19.2 Å². The Morgan fingerprint density at radius 3 is 2.38 bits per heavy atom. The van der Waals surface area contributed by atoms with Gasteiger partial charge in [0.25, 0.3) is 0 Å². The Labute approximate surface area is 130 Å². The summed E-state index contributed by atoms with van der Waals surface area (Å²) in [4.78, 5) is 16.4. The molecule has 1 atom stereocenters. The van der Waals surface area contributed by atoms with Crippen molar-refractivity contribution in [3.05, 3.63) is 0 Å². The SMILES string of the molecule is CCC(C)N1CCN(CCOCCNC(=O)C(C)C)CC1. The van der Waals surface area contributed by atoms with Crippen LogP contribution >= 0.6 is 0 Å². The first-order valence-corrected chi connectivity index (χ1v) is 8.36. The van der Waals surface area contributed by atoms with Gasteiger partial charge in [0, 0.05) is 51.2 Å². The Kier molecular flexibility index (Phi) is 8.88. The summed E-state index contributed by atoms with van der Waals surface area (Å²) in [5, 5.41) is 2.86. The van der Waals surface area contributed by atoms with Gasteiger partial charge in [0.05, 0.1) is 13.2 Å². The van der Waals surface area contributed by atoms with Gasteiger partial charge in [-0.25, -0.2) is 0 Å². The van der Waals surface area contributed by atoms with E-state index in [-0.39, 0.29) is 11.8 Å². The van der Waals surface area contributed by atoms with Crippen molar-refractivity contribution in [2.45, 2.75) is 40.2 Å². The molecule has 5 nitrogen and oxygen atoms in total. The van der Waals surface area contributed by atoms with Crippen LogP contribution in [0, 0.1) is 5.92 Å². The maximum Gasteiger partial charge on any atom is 0.222 e. The predicted molar refractivity (Wildman–Crippen MR) is 86.4 cm³/mol. The van der Waals surface area contributed by atoms with Gasteiger partial charge in [0.2, 0.25) is 5.91 Å². The van der Waals surface area contributed by atoms with E-state index in [0.717, 1.165) is 26.2 Å². The lowest BCUT2D eigenvalue weighted by atomic mass is 10.2. The second-order valence-corrected chi connectivity index (χ2v) is 6.19. The van der Waals surface area contributed by atoms with E-state index in [9.17, 15) is 4.79 Å². The standard InChI is InChI=1S/C16H33N3O2/c1-5-15(4)19-9-7-18(8-10-19)11-13-21-12-6-17-16(20)14(2)3/h14-15H,5-13H2,1-4H3,(H,17,20). The molecule has 0 aromatic rings. The van der Waals surface area contributed by atoms with E-state index in [1.54, 1.807) is 0 Å². The van der Waals surface area contributed by atoms with Gasteiger partial charge in [-0.1, -0.05) is 20.8 Å². The molecule has 1 heterocycles. The number of ether oxygens (including phenoxy) is 1. The van der Waals surface area contributed by atoms with Gasteiger partial charge in [-0.2, -0.15) is 0 Å². The average molecular weight is 299 g/mol. The number of carbonyl (C=O) groups excluding carboxylic acids is 1. The molecule has 1 fully saturated rings. The lowest BCUT2D eigenvalue weighted by molar-refractivity contribution is -0.124. The fourth-order valence-electron chi connectivity index (χ4n) is 2.43. The molecule has 0 radical (unpaired) electrons. The van der Waals surface area contributed by atoms with Crippen LogP contribution in [-0.4, -0.2) is 74.2 Å². The highest BCUT2D eigenvalue weighted by Gasteiger charge is 2.19. The maximum atomic E-state index is 11.4. The van der Waals surface area contributed by atoms with E-state index in [1.807, 2.05) is 13.8 Å². The van der Waals surface area contributed by atoms with Crippen LogP contribution in [0.5, 0.6) is 0 Å². The van der Waals surface area contributed by atoms with E-state index in [4.69, 9.17) is 4.74 Å². The van der Waals surface area contributed by atoms with Crippen LogP contribution in [0.15, 0.2) is 0 Å². The van der Waals surface area contributed by atoms with E-state index in [2.05, 4.69) is 29.0 Å². The third-order valence-electron chi connectivity index (χ3n) is 4.24. The summed E-state index contributed by atoms with van der Waals surface area (Å²) in [6, 6.07) is 0.702. The first-order valence-electron chi connectivity index (χ1n) is 8.36. The largest absolute Gasteiger partial charge is 0.378 e. The minimum absolute atomic E-state index is 0.0480. The normalized spacial score (nSPS) is 18.9. The summed E-state index contributed by atoms with van der Waals surface area (Å²) in [6.07, 6.45) is 1.23. The summed E-state index contributed by atoms with van der Waals surface area (Å²) in [6.45, 7) is 15.9. The zero-order valence-corrected chi connectivity index (χ0v) is 14.2. The second-order valence-electron chi connectivity index (χ2n) is 6.19. The lowest BCUT2D eigenvalue weighted by Gasteiger charge is -2.37. The van der Waals surface area contributed by atoms with Gasteiger partial charge in [-0.3, -0.25) is 14.6 Å². The zero-order valence-electron chi connectivity index (χ0n) is 14.2. The van der Waals surface area contributed by atoms with E-state index < -0.39 is 0 Å². The van der Waals surface area contributed by atoms with Crippen LogP contribution in [0.1, 0.15) is 34.1 Å². The lowest BCUT2D eigenvalue weighted by Crippen LogP contribution is -2.50. The third kappa shape index (κ3) is 7.25. The zero-order chi connectivity index (χ0) is 15.7. The Balaban J connectivity index is 1.99. The quantitative estimate of drug-likeness (QED) is 0.650. The summed E-state index contributed by atoms with van der Waals surface area (Å²) in [7, 11) is 0. The van der Waals surface area contributed by atoms with Crippen LogP contribution in [0.4, 0.5) is 0 Å². The first-order chi connectivity index (χ1) is 10.0. The van der Waals surface area contributed by atoms with Crippen LogP contribution in [0.3, 0.4) is 0 Å². The minimum atomic E-state index is 0.0480. The van der Waals surface area contributed by atoms with E-state index >= 15 is 0 Å². The Hall–Kier alpha value is -0.650. The molecule has 0 saturated carbocycles. The van der Waals surface area contributed by atoms with Gasteiger partial charge in [0.15, 0.2) is 0 Å². The van der Waals surface area contributed by atoms with Crippen molar-refractivity contribution in [3.8, 4) is 0 Å². The fourth-order valence-corrected chi connectivity index (χ4v) is 2.43. The average Bonchev–Trinajstić information content (AvgIpc) is 2.50. The van der Waals surface area contributed by atoms with Gasteiger partial charge < -0.3 is 10.1 Å². The number of hydrogen-bond donors (Lipinski definition) is 1. The molecular formula is C16H33N3O2. The van der Waals surface area contributed by atoms with Crippen molar-refractivity contribution in [1.29, 1.82) is 0 Å². The Bertz CT molecular complexity index is 289. The molecule has 1 saturated heterocycles. The number of carbonyl (C=O) groups is 1. The van der Waals surface area contributed by atoms with Gasteiger partial charge in [-0.15, -0.1) is 0 Å². The molecule has 0 bridgehead atoms. The van der Waals surface area contributed by atoms with Crippen molar-refractivity contribution in [3.63, 3.8) is 0 Å². The third-order valence-corrected chi connectivity index (χ3v) is 4.24. The van der Waals surface area contributed by atoms with Gasteiger partial charge in [-0.05, 0) is 13.3 Å². The molecule has 1 unspecified atom stereocenters. The second kappa shape index (κ2) is 10.1. The van der Waals surface area contributed by atoms with Gasteiger partial charge in [0.1, 0.15) is 0 Å². The smallest absolute Gasteiger partial charge is 0.222 e. The molecule has 1 amide bonds. The van der Waals surface area contributed by atoms with Crippen molar-refractivity contribution >= 4 is 5.91 Å². The fraction of sp³-hybridized carbons (Fsp3) is 0.938. The Morgan fingerprint density at radius 2 is 1.81 bits per heavy atom. The molecule has 0 aromatic carbocycles. The minimum Gasteiger partial charge on any atom is -0.378 e. The summed E-state index contributed by atoms with van der Waals surface area (Å²) in [5.74, 6) is 0.145. The van der Waals surface area contributed by atoms with Crippen molar-refractivity contribution < 1.29 is 9.53 Å². The number of nitrogens with zero attached hydrogens (tertiary/aromatic N) is 2. The molecule has 1 N–H and O–H groups in total.